The Bertz CT molecular complexity index is 875. The van der Waals surface area contributed by atoms with Crippen molar-refractivity contribution in [1.29, 1.82) is 0 Å². The molecule has 2 aliphatic rings. The van der Waals surface area contributed by atoms with Crippen molar-refractivity contribution in [2.75, 3.05) is 14.2 Å². The van der Waals surface area contributed by atoms with Crippen molar-refractivity contribution in [1.82, 2.24) is 0 Å². The van der Waals surface area contributed by atoms with Crippen LogP contribution in [0.1, 0.15) is 67.9 Å². The highest BCUT2D eigenvalue weighted by molar-refractivity contribution is 6.13. The van der Waals surface area contributed by atoms with Gasteiger partial charge in [0.2, 0.25) is 0 Å². The van der Waals surface area contributed by atoms with E-state index >= 15 is 0 Å². The lowest BCUT2D eigenvalue weighted by Gasteiger charge is -2.47. The average molecular weight is 370 g/mol. The van der Waals surface area contributed by atoms with Crippen molar-refractivity contribution in [2.24, 2.45) is 5.41 Å². The lowest BCUT2D eigenvalue weighted by molar-refractivity contribution is -0.150. The van der Waals surface area contributed by atoms with E-state index in [1.54, 1.807) is 25.3 Å². The molecule has 3 rings (SSSR count). The van der Waals surface area contributed by atoms with Crippen LogP contribution in [0.4, 0.5) is 0 Å². The molecule has 0 bridgehead atoms. The van der Waals surface area contributed by atoms with Crippen molar-refractivity contribution < 1.29 is 23.9 Å². The summed E-state index contributed by atoms with van der Waals surface area (Å²) in [5, 5.41) is 0. The van der Waals surface area contributed by atoms with Gasteiger partial charge in [-0.15, -0.1) is 0 Å². The predicted octanol–water partition coefficient (Wildman–Crippen LogP) is 3.74. The standard InChI is InChI=1S/C22H26O5/c1-12(2)14-7-15-16(8-18(14)26-5)22(20(25)27-6)11-13(23)10-21(3,4)19(22)9-17(15)24/h7-9,12H,10-11H2,1-6H3. The molecule has 5 heteroatoms. The second-order valence-corrected chi connectivity index (χ2v) is 8.39. The number of fused-ring (bicyclic) bond motifs is 3. The number of allylic oxidation sites excluding steroid dienone is 1. The van der Waals surface area contributed by atoms with Gasteiger partial charge in [0, 0.05) is 18.4 Å². The first-order valence-corrected chi connectivity index (χ1v) is 9.18. The Hall–Kier alpha value is -2.43. The number of benzene rings is 1. The number of hydrogen-bond donors (Lipinski definition) is 0. The SMILES string of the molecule is COC(=O)C12CC(=O)CC(C)(C)C1=CC(=O)c1cc(C(C)C)c(OC)cc12. The summed E-state index contributed by atoms with van der Waals surface area (Å²) in [5.41, 5.74) is 0.611. The molecule has 144 valence electrons. The predicted molar refractivity (Wildman–Crippen MR) is 101 cm³/mol. The number of ketones is 2. The van der Waals surface area contributed by atoms with E-state index in [1.807, 2.05) is 27.7 Å². The zero-order valence-corrected chi connectivity index (χ0v) is 16.8. The first-order chi connectivity index (χ1) is 12.6. The van der Waals surface area contributed by atoms with Crippen LogP contribution < -0.4 is 4.74 Å². The smallest absolute Gasteiger partial charge is 0.320 e. The van der Waals surface area contributed by atoms with E-state index in [1.165, 1.54) is 7.11 Å². The summed E-state index contributed by atoms with van der Waals surface area (Å²) < 4.78 is 10.7. The largest absolute Gasteiger partial charge is 0.496 e. The molecule has 1 unspecified atom stereocenters. The Morgan fingerprint density at radius 3 is 2.33 bits per heavy atom. The van der Waals surface area contributed by atoms with Crippen LogP contribution in [0.2, 0.25) is 0 Å². The lowest BCUT2D eigenvalue weighted by Crippen LogP contribution is -2.52. The van der Waals surface area contributed by atoms with Crippen molar-refractivity contribution in [3.8, 4) is 5.75 Å². The van der Waals surface area contributed by atoms with E-state index in [-0.39, 0.29) is 23.9 Å². The van der Waals surface area contributed by atoms with Gasteiger partial charge in [-0.25, -0.2) is 0 Å². The quantitative estimate of drug-likeness (QED) is 0.758. The summed E-state index contributed by atoms with van der Waals surface area (Å²) in [4.78, 5) is 38.7. The zero-order chi connectivity index (χ0) is 20.1. The second kappa shape index (κ2) is 6.32. The maximum Gasteiger partial charge on any atom is 0.320 e. The van der Waals surface area contributed by atoms with Gasteiger partial charge in [-0.05, 0) is 46.2 Å². The number of carbonyl (C=O) groups excluding carboxylic acids is 3. The molecule has 0 heterocycles. The highest BCUT2D eigenvalue weighted by Gasteiger charge is 2.57. The Kier molecular flexibility index (Phi) is 4.53. The molecule has 5 nitrogen and oxygen atoms in total. The monoisotopic (exact) mass is 370 g/mol. The zero-order valence-electron chi connectivity index (χ0n) is 16.8. The topological polar surface area (TPSA) is 69.7 Å². The number of Topliss-reactive ketones (excluding diaryl/α,β-unsaturated/α-hetero) is 1. The molecule has 0 spiro atoms. The Balaban J connectivity index is 2.41. The van der Waals surface area contributed by atoms with Crippen molar-refractivity contribution in [3.63, 3.8) is 0 Å². The van der Waals surface area contributed by atoms with Crippen LogP contribution in [0.15, 0.2) is 23.8 Å². The third kappa shape index (κ3) is 2.71. The summed E-state index contributed by atoms with van der Waals surface area (Å²) >= 11 is 0. The molecular weight excluding hydrogens is 344 g/mol. The van der Waals surface area contributed by atoms with Crippen molar-refractivity contribution in [2.45, 2.75) is 51.9 Å². The van der Waals surface area contributed by atoms with Gasteiger partial charge in [0.25, 0.3) is 0 Å². The first kappa shape index (κ1) is 19.3. The third-order valence-corrected chi connectivity index (χ3v) is 5.82. The average Bonchev–Trinajstić information content (AvgIpc) is 2.60. The number of carbonyl (C=O) groups is 3. The van der Waals surface area contributed by atoms with Crippen molar-refractivity contribution in [3.05, 3.63) is 40.5 Å². The molecule has 27 heavy (non-hydrogen) atoms. The van der Waals surface area contributed by atoms with Crippen LogP contribution in [0, 0.1) is 5.41 Å². The first-order valence-electron chi connectivity index (χ1n) is 9.18. The molecule has 0 radical (unpaired) electrons. The van der Waals surface area contributed by atoms with Crippen LogP contribution in [0.25, 0.3) is 0 Å². The molecule has 1 saturated carbocycles. The molecule has 0 aliphatic heterocycles. The molecule has 1 aromatic rings. The van der Waals surface area contributed by atoms with E-state index in [2.05, 4.69) is 0 Å². The molecule has 0 saturated heterocycles. The van der Waals surface area contributed by atoms with Gasteiger partial charge in [0.1, 0.15) is 16.9 Å². The highest BCUT2D eigenvalue weighted by atomic mass is 16.5. The lowest BCUT2D eigenvalue weighted by atomic mass is 9.54. The van der Waals surface area contributed by atoms with Crippen LogP contribution in [0.3, 0.4) is 0 Å². The summed E-state index contributed by atoms with van der Waals surface area (Å²) in [6, 6.07) is 3.55. The van der Waals surface area contributed by atoms with Gasteiger partial charge in [-0.1, -0.05) is 27.7 Å². The number of esters is 1. The fourth-order valence-corrected chi connectivity index (χ4v) is 4.63. The Labute approximate surface area is 159 Å². The molecule has 0 N–H and O–H groups in total. The number of ether oxygens (including phenoxy) is 2. The fraction of sp³-hybridized carbons (Fsp3) is 0.500. The molecule has 1 aromatic carbocycles. The summed E-state index contributed by atoms with van der Waals surface area (Å²) in [5.74, 6) is 0.0723. The van der Waals surface area contributed by atoms with Gasteiger partial charge in [-0.3, -0.25) is 14.4 Å². The van der Waals surface area contributed by atoms with Crippen LogP contribution in [0.5, 0.6) is 5.75 Å². The minimum absolute atomic E-state index is 0.000599. The molecule has 1 fully saturated rings. The Morgan fingerprint density at radius 1 is 1.11 bits per heavy atom. The van der Waals surface area contributed by atoms with Gasteiger partial charge in [0.05, 0.1) is 14.2 Å². The number of rotatable bonds is 3. The van der Waals surface area contributed by atoms with Gasteiger partial charge in [0.15, 0.2) is 5.78 Å². The molecule has 2 aliphatic carbocycles. The van der Waals surface area contributed by atoms with E-state index in [0.29, 0.717) is 28.9 Å². The van der Waals surface area contributed by atoms with E-state index in [9.17, 15) is 14.4 Å². The number of hydrogen-bond acceptors (Lipinski definition) is 5. The third-order valence-electron chi connectivity index (χ3n) is 5.82. The van der Waals surface area contributed by atoms with Gasteiger partial charge >= 0.3 is 5.97 Å². The number of methoxy groups -OCH3 is 2. The summed E-state index contributed by atoms with van der Waals surface area (Å²) in [6.07, 6.45) is 1.84. The molecule has 0 amide bonds. The maximum absolute atomic E-state index is 13.1. The van der Waals surface area contributed by atoms with Crippen LogP contribution in [-0.2, 0) is 19.7 Å². The van der Waals surface area contributed by atoms with E-state index < -0.39 is 16.8 Å². The van der Waals surface area contributed by atoms with Crippen LogP contribution in [-0.4, -0.2) is 31.8 Å². The van der Waals surface area contributed by atoms with E-state index in [4.69, 9.17) is 9.47 Å². The van der Waals surface area contributed by atoms with Gasteiger partial charge in [-0.2, -0.15) is 0 Å². The maximum atomic E-state index is 13.1. The normalized spacial score (nSPS) is 23.4. The van der Waals surface area contributed by atoms with Gasteiger partial charge < -0.3 is 9.47 Å². The molecule has 1 atom stereocenters. The summed E-state index contributed by atoms with van der Waals surface area (Å²) in [6.45, 7) is 7.82. The van der Waals surface area contributed by atoms with E-state index in [0.717, 1.165) is 5.56 Å². The Morgan fingerprint density at radius 2 is 1.78 bits per heavy atom. The minimum atomic E-state index is -1.28. The molecule has 0 aromatic heterocycles. The second-order valence-electron chi connectivity index (χ2n) is 8.39. The van der Waals surface area contributed by atoms with Crippen molar-refractivity contribution >= 4 is 17.5 Å². The molecular formula is C22H26O5. The summed E-state index contributed by atoms with van der Waals surface area (Å²) in [7, 11) is 2.88. The highest BCUT2D eigenvalue weighted by Crippen LogP contribution is 2.55. The fourth-order valence-electron chi connectivity index (χ4n) is 4.63. The van der Waals surface area contributed by atoms with Crippen LogP contribution >= 0.6 is 0 Å². The minimum Gasteiger partial charge on any atom is -0.496 e.